The van der Waals surface area contributed by atoms with E-state index in [1.165, 1.54) is 0 Å². The van der Waals surface area contributed by atoms with Gasteiger partial charge in [0.05, 0.1) is 31.9 Å². The monoisotopic (exact) mass is 378 g/mol. The molecule has 1 amide bonds. The first-order valence-electron chi connectivity index (χ1n) is 9.02. The van der Waals surface area contributed by atoms with Gasteiger partial charge >= 0.3 is 0 Å². The fourth-order valence-corrected chi connectivity index (χ4v) is 3.04. The zero-order valence-electron chi connectivity index (χ0n) is 15.3. The second-order valence-corrected chi connectivity index (χ2v) is 6.92. The summed E-state index contributed by atoms with van der Waals surface area (Å²) in [6, 6.07) is 9.55. The van der Waals surface area contributed by atoms with E-state index in [-0.39, 0.29) is 11.9 Å². The number of amides is 1. The zero-order valence-corrected chi connectivity index (χ0v) is 16.0. The van der Waals surface area contributed by atoms with Crippen molar-refractivity contribution in [3.05, 3.63) is 34.9 Å². The van der Waals surface area contributed by atoms with Crippen LogP contribution in [0.25, 0.3) is 0 Å². The van der Waals surface area contributed by atoms with Gasteiger partial charge in [-0.3, -0.25) is 14.6 Å². The molecular formula is C19H27ClN4O2. The fourth-order valence-electron chi connectivity index (χ4n) is 2.91. The third-order valence-electron chi connectivity index (χ3n) is 4.49. The van der Waals surface area contributed by atoms with Crippen molar-refractivity contribution in [2.45, 2.75) is 19.4 Å². The van der Waals surface area contributed by atoms with Crippen molar-refractivity contribution in [3.63, 3.8) is 0 Å². The van der Waals surface area contributed by atoms with E-state index in [0.29, 0.717) is 24.5 Å². The molecule has 0 bridgehead atoms. The Morgan fingerprint density at radius 3 is 2.69 bits per heavy atom. The van der Waals surface area contributed by atoms with Gasteiger partial charge in [0.15, 0.2) is 0 Å². The summed E-state index contributed by atoms with van der Waals surface area (Å²) in [6.45, 7) is 7.87. The molecule has 0 radical (unpaired) electrons. The predicted molar refractivity (Wildman–Crippen MR) is 102 cm³/mol. The molecule has 0 saturated carbocycles. The lowest BCUT2D eigenvalue weighted by Gasteiger charge is -2.29. The molecule has 1 N–H and O–H groups in total. The average molecular weight is 379 g/mol. The van der Waals surface area contributed by atoms with Gasteiger partial charge in [-0.1, -0.05) is 23.7 Å². The number of carbonyl (C=O) groups excluding carboxylic acids is 1. The Morgan fingerprint density at radius 2 is 2.04 bits per heavy atom. The number of morpholine rings is 1. The van der Waals surface area contributed by atoms with Gasteiger partial charge in [-0.05, 0) is 24.6 Å². The molecular weight excluding hydrogens is 352 g/mol. The number of nitriles is 1. The van der Waals surface area contributed by atoms with Crippen molar-refractivity contribution >= 4 is 17.5 Å². The smallest absolute Gasteiger partial charge is 0.234 e. The van der Waals surface area contributed by atoms with Crippen LogP contribution in [0, 0.1) is 11.3 Å². The second-order valence-electron chi connectivity index (χ2n) is 6.48. The summed E-state index contributed by atoms with van der Waals surface area (Å²) in [5, 5.41) is 12.6. The number of benzene rings is 1. The minimum absolute atomic E-state index is 0.0348. The first-order chi connectivity index (χ1) is 12.6. The van der Waals surface area contributed by atoms with Crippen molar-refractivity contribution in [2.24, 2.45) is 0 Å². The van der Waals surface area contributed by atoms with Crippen LogP contribution in [0.3, 0.4) is 0 Å². The molecule has 1 aliphatic rings. The largest absolute Gasteiger partial charge is 0.379 e. The van der Waals surface area contributed by atoms with E-state index in [4.69, 9.17) is 21.6 Å². The van der Waals surface area contributed by atoms with Crippen LogP contribution in [0.15, 0.2) is 24.3 Å². The van der Waals surface area contributed by atoms with Gasteiger partial charge in [-0.2, -0.15) is 5.26 Å². The Balaban J connectivity index is 1.82. The van der Waals surface area contributed by atoms with Gasteiger partial charge in [-0.15, -0.1) is 0 Å². The van der Waals surface area contributed by atoms with E-state index < -0.39 is 0 Å². The van der Waals surface area contributed by atoms with E-state index >= 15 is 0 Å². The summed E-state index contributed by atoms with van der Waals surface area (Å²) >= 11 is 5.91. The molecule has 1 atom stereocenters. The third kappa shape index (κ3) is 7.30. The molecule has 1 unspecified atom stereocenters. The summed E-state index contributed by atoms with van der Waals surface area (Å²) in [6.07, 6.45) is 0.420. The fraction of sp³-hybridized carbons (Fsp3) is 0.579. The first kappa shape index (κ1) is 20.7. The van der Waals surface area contributed by atoms with Crippen molar-refractivity contribution in [1.82, 2.24) is 15.1 Å². The van der Waals surface area contributed by atoms with E-state index in [9.17, 15) is 4.79 Å². The van der Waals surface area contributed by atoms with E-state index in [1.807, 2.05) is 36.1 Å². The number of carbonyl (C=O) groups is 1. The standard InChI is InChI=1S/C19H27ClN4O2/c1-16(17-3-5-18(20)6-4-17)22-19(25)15-24(8-2-7-21)10-9-23-11-13-26-14-12-23/h3-6,16H,2,8-15H2,1H3,(H,22,25). The normalized spacial score (nSPS) is 16.2. The van der Waals surface area contributed by atoms with Crippen LogP contribution in [0.5, 0.6) is 0 Å². The number of rotatable bonds is 9. The summed E-state index contributed by atoms with van der Waals surface area (Å²) in [5.41, 5.74) is 1.01. The Morgan fingerprint density at radius 1 is 1.35 bits per heavy atom. The highest BCUT2D eigenvalue weighted by Gasteiger charge is 2.16. The lowest BCUT2D eigenvalue weighted by molar-refractivity contribution is -0.123. The number of ether oxygens (including phenoxy) is 1. The van der Waals surface area contributed by atoms with Gasteiger partial charge in [0, 0.05) is 44.2 Å². The highest BCUT2D eigenvalue weighted by Crippen LogP contribution is 2.15. The predicted octanol–water partition coefficient (Wildman–Crippen LogP) is 2.07. The Hall–Kier alpha value is -1.65. The summed E-state index contributed by atoms with van der Waals surface area (Å²) in [7, 11) is 0. The number of halogens is 1. The molecule has 142 valence electrons. The molecule has 1 aliphatic heterocycles. The van der Waals surface area contributed by atoms with E-state index in [1.54, 1.807) is 0 Å². The van der Waals surface area contributed by atoms with Crippen LogP contribution < -0.4 is 5.32 Å². The number of nitrogens with one attached hydrogen (secondary N) is 1. The Bertz CT molecular complexity index is 597. The van der Waals surface area contributed by atoms with Crippen LogP contribution in [0.4, 0.5) is 0 Å². The Kier molecular flexibility index (Phi) is 8.86. The summed E-state index contributed by atoms with van der Waals surface area (Å²) < 4.78 is 5.36. The molecule has 0 aromatic heterocycles. The van der Waals surface area contributed by atoms with Gasteiger partial charge < -0.3 is 10.1 Å². The lowest BCUT2D eigenvalue weighted by atomic mass is 10.1. The summed E-state index contributed by atoms with van der Waals surface area (Å²) in [5.74, 6) is -0.0348. The molecule has 1 heterocycles. The maximum atomic E-state index is 12.4. The van der Waals surface area contributed by atoms with Crippen molar-refractivity contribution in [3.8, 4) is 6.07 Å². The Labute approximate surface area is 160 Å². The number of hydrogen-bond donors (Lipinski definition) is 1. The lowest BCUT2D eigenvalue weighted by Crippen LogP contribution is -2.44. The summed E-state index contributed by atoms with van der Waals surface area (Å²) in [4.78, 5) is 16.8. The van der Waals surface area contributed by atoms with Crippen LogP contribution >= 0.6 is 11.6 Å². The quantitative estimate of drug-likeness (QED) is 0.712. The molecule has 1 aromatic rings. The zero-order chi connectivity index (χ0) is 18.8. The maximum absolute atomic E-state index is 12.4. The van der Waals surface area contributed by atoms with Crippen LogP contribution in [0.2, 0.25) is 5.02 Å². The third-order valence-corrected chi connectivity index (χ3v) is 4.74. The highest BCUT2D eigenvalue weighted by atomic mass is 35.5. The number of hydrogen-bond acceptors (Lipinski definition) is 5. The molecule has 2 rings (SSSR count). The molecule has 1 aromatic carbocycles. The molecule has 1 saturated heterocycles. The van der Waals surface area contributed by atoms with Crippen molar-refractivity contribution in [2.75, 3.05) is 52.5 Å². The minimum Gasteiger partial charge on any atom is -0.379 e. The van der Waals surface area contributed by atoms with Crippen molar-refractivity contribution in [1.29, 1.82) is 5.26 Å². The number of nitrogens with zero attached hydrogens (tertiary/aromatic N) is 3. The van der Waals surface area contributed by atoms with Crippen LogP contribution in [0.1, 0.15) is 24.9 Å². The second kappa shape index (κ2) is 11.1. The molecule has 7 heteroatoms. The molecule has 6 nitrogen and oxygen atoms in total. The highest BCUT2D eigenvalue weighted by molar-refractivity contribution is 6.30. The molecule has 26 heavy (non-hydrogen) atoms. The van der Waals surface area contributed by atoms with Crippen LogP contribution in [-0.4, -0.2) is 68.2 Å². The average Bonchev–Trinajstić information content (AvgIpc) is 2.65. The maximum Gasteiger partial charge on any atom is 0.234 e. The van der Waals surface area contributed by atoms with Gasteiger partial charge in [0.25, 0.3) is 0 Å². The molecule has 1 fully saturated rings. The van der Waals surface area contributed by atoms with E-state index in [0.717, 1.165) is 45.0 Å². The van der Waals surface area contributed by atoms with Crippen molar-refractivity contribution < 1.29 is 9.53 Å². The SMILES string of the molecule is CC(NC(=O)CN(CCC#N)CCN1CCOCC1)c1ccc(Cl)cc1. The van der Waals surface area contributed by atoms with E-state index in [2.05, 4.69) is 16.3 Å². The first-order valence-corrected chi connectivity index (χ1v) is 9.40. The van der Waals surface area contributed by atoms with Gasteiger partial charge in [0.2, 0.25) is 5.91 Å². The van der Waals surface area contributed by atoms with Gasteiger partial charge in [0.1, 0.15) is 0 Å². The molecule has 0 spiro atoms. The minimum atomic E-state index is -0.0863. The molecule has 0 aliphatic carbocycles. The van der Waals surface area contributed by atoms with Gasteiger partial charge in [-0.25, -0.2) is 0 Å². The topological polar surface area (TPSA) is 68.6 Å². The van der Waals surface area contributed by atoms with Crippen LogP contribution in [-0.2, 0) is 9.53 Å².